The first-order valence-electron chi connectivity index (χ1n) is 11.0. The molecule has 1 amide bonds. The number of rotatable bonds is 8. The van der Waals surface area contributed by atoms with Gasteiger partial charge in [0.05, 0.1) is 16.8 Å². The van der Waals surface area contributed by atoms with E-state index in [0.29, 0.717) is 27.6 Å². The van der Waals surface area contributed by atoms with Gasteiger partial charge in [-0.3, -0.25) is 13.8 Å². The topological polar surface area (TPSA) is 113 Å². The fourth-order valence-electron chi connectivity index (χ4n) is 3.58. The van der Waals surface area contributed by atoms with E-state index in [1.54, 1.807) is 31.2 Å². The van der Waals surface area contributed by atoms with Crippen molar-refractivity contribution < 1.29 is 21.6 Å². The average Bonchev–Trinajstić information content (AvgIpc) is 2.78. The van der Waals surface area contributed by atoms with Gasteiger partial charge in [-0.25, -0.2) is 16.8 Å². The molecule has 0 saturated carbocycles. The molecule has 0 aliphatic rings. The summed E-state index contributed by atoms with van der Waals surface area (Å²) < 4.78 is 54.2. The van der Waals surface area contributed by atoms with Crippen LogP contribution in [0.1, 0.15) is 23.6 Å². The van der Waals surface area contributed by atoms with Gasteiger partial charge in [0.25, 0.3) is 10.0 Å². The van der Waals surface area contributed by atoms with Gasteiger partial charge in [-0.1, -0.05) is 23.7 Å². The van der Waals surface area contributed by atoms with Gasteiger partial charge in [0.15, 0.2) is 0 Å². The fourth-order valence-corrected chi connectivity index (χ4v) is 6.02. The number of hydrogen-bond acceptors (Lipinski definition) is 5. The molecular weight excluding hydrogens is 522 g/mol. The molecule has 0 spiro atoms. The second-order valence-electron chi connectivity index (χ2n) is 8.58. The van der Waals surface area contributed by atoms with Gasteiger partial charge in [0.2, 0.25) is 15.9 Å². The number of halogens is 1. The van der Waals surface area contributed by atoms with E-state index in [-0.39, 0.29) is 4.90 Å². The number of nitrogens with one attached hydrogen (secondary N) is 2. The largest absolute Gasteiger partial charge is 0.324 e. The summed E-state index contributed by atoms with van der Waals surface area (Å²) in [5.74, 6) is -0.594. The maximum Gasteiger partial charge on any atom is 0.261 e. The molecule has 0 unspecified atom stereocenters. The number of carbonyl (C=O) groups excluding carboxylic acids is 1. The summed E-state index contributed by atoms with van der Waals surface area (Å²) in [6.45, 7) is 7.01. The summed E-state index contributed by atoms with van der Waals surface area (Å²) >= 11 is 6.07. The Kier molecular flexibility index (Phi) is 8.02. The van der Waals surface area contributed by atoms with E-state index in [4.69, 9.17) is 11.6 Å². The number of carbonyl (C=O) groups is 1. The van der Waals surface area contributed by atoms with Crippen LogP contribution in [-0.4, -0.2) is 35.0 Å². The molecule has 3 aromatic carbocycles. The van der Waals surface area contributed by atoms with Gasteiger partial charge in [0.1, 0.15) is 6.04 Å². The maximum absolute atomic E-state index is 13.0. The molecule has 0 heterocycles. The van der Waals surface area contributed by atoms with E-state index in [2.05, 4.69) is 10.0 Å². The van der Waals surface area contributed by atoms with Crippen LogP contribution in [0.5, 0.6) is 0 Å². The third kappa shape index (κ3) is 6.37. The molecule has 11 heteroatoms. The minimum Gasteiger partial charge on any atom is -0.324 e. The van der Waals surface area contributed by atoms with Gasteiger partial charge in [-0.05, 0) is 92.9 Å². The number of sulfonamides is 2. The smallest absolute Gasteiger partial charge is 0.261 e. The Morgan fingerprint density at radius 1 is 0.833 bits per heavy atom. The first kappa shape index (κ1) is 27.5. The number of benzene rings is 3. The van der Waals surface area contributed by atoms with E-state index in [0.717, 1.165) is 21.7 Å². The molecule has 192 valence electrons. The van der Waals surface area contributed by atoms with Crippen LogP contribution >= 0.6 is 11.6 Å². The summed E-state index contributed by atoms with van der Waals surface area (Å²) in [5.41, 5.74) is 3.70. The highest BCUT2D eigenvalue weighted by Crippen LogP contribution is 2.29. The van der Waals surface area contributed by atoms with E-state index < -0.39 is 32.0 Å². The van der Waals surface area contributed by atoms with Crippen LogP contribution in [0.2, 0.25) is 5.02 Å². The zero-order valence-corrected chi connectivity index (χ0v) is 22.9. The van der Waals surface area contributed by atoms with Crippen molar-refractivity contribution in [2.75, 3.05) is 20.6 Å². The van der Waals surface area contributed by atoms with Crippen LogP contribution in [0.3, 0.4) is 0 Å². The van der Waals surface area contributed by atoms with Crippen LogP contribution in [0, 0.1) is 20.8 Å². The molecule has 0 aromatic heterocycles. The third-order valence-electron chi connectivity index (χ3n) is 5.69. The van der Waals surface area contributed by atoms with Crippen molar-refractivity contribution in [1.82, 2.24) is 0 Å². The Labute approximate surface area is 217 Å². The molecule has 0 fully saturated rings. The normalized spacial score (nSPS) is 12.6. The zero-order chi connectivity index (χ0) is 26.8. The van der Waals surface area contributed by atoms with Crippen molar-refractivity contribution in [3.8, 4) is 0 Å². The molecule has 0 aliphatic carbocycles. The van der Waals surface area contributed by atoms with E-state index in [9.17, 15) is 21.6 Å². The van der Waals surface area contributed by atoms with Crippen LogP contribution in [0.25, 0.3) is 0 Å². The standard InChI is InChI=1S/C25H28ClN3O5S2/c1-16-7-9-22(14-18(16)3)28-36(33,34)23-12-10-21(11-13-23)27-25(30)19(4)29(35(5,31)32)24-15-20(26)8-6-17(24)2/h6-15,19,28H,1-5H3,(H,27,30)/t19-/m0/s1. The Morgan fingerprint density at radius 2 is 1.42 bits per heavy atom. The minimum absolute atomic E-state index is 0.0130. The fraction of sp³-hybridized carbons (Fsp3) is 0.240. The number of hydrogen-bond donors (Lipinski definition) is 2. The molecule has 3 aromatic rings. The SMILES string of the molecule is Cc1ccc(NS(=O)(=O)c2ccc(NC(=O)[C@H](C)N(c3cc(Cl)ccc3C)S(C)(=O)=O)cc2)cc1C. The number of aryl methyl sites for hydroxylation is 3. The zero-order valence-electron chi connectivity index (χ0n) is 20.5. The summed E-state index contributed by atoms with van der Waals surface area (Å²) in [6, 6.07) is 14.6. The molecule has 1 atom stereocenters. The van der Waals surface area contributed by atoms with Crippen molar-refractivity contribution in [1.29, 1.82) is 0 Å². The summed E-state index contributed by atoms with van der Waals surface area (Å²) in [6.07, 6.45) is 1.01. The molecule has 2 N–H and O–H groups in total. The van der Waals surface area contributed by atoms with Crippen LogP contribution in [-0.2, 0) is 24.8 Å². The predicted octanol–water partition coefficient (Wildman–Crippen LogP) is 4.86. The monoisotopic (exact) mass is 549 g/mol. The highest BCUT2D eigenvalue weighted by atomic mass is 35.5. The minimum atomic E-state index is -3.84. The second-order valence-corrected chi connectivity index (χ2v) is 12.6. The van der Waals surface area contributed by atoms with Crippen LogP contribution in [0.4, 0.5) is 17.1 Å². The lowest BCUT2D eigenvalue weighted by molar-refractivity contribution is -0.116. The van der Waals surface area contributed by atoms with Gasteiger partial charge < -0.3 is 5.32 Å². The van der Waals surface area contributed by atoms with Gasteiger partial charge in [-0.15, -0.1) is 0 Å². The van der Waals surface area contributed by atoms with E-state index in [1.165, 1.54) is 37.3 Å². The third-order valence-corrected chi connectivity index (χ3v) is 8.55. The van der Waals surface area contributed by atoms with Crippen molar-refractivity contribution in [2.24, 2.45) is 0 Å². The number of anilines is 3. The van der Waals surface area contributed by atoms with Crippen LogP contribution in [0.15, 0.2) is 65.6 Å². The summed E-state index contributed by atoms with van der Waals surface area (Å²) in [5, 5.41) is 2.98. The van der Waals surface area contributed by atoms with E-state index in [1.807, 2.05) is 19.9 Å². The van der Waals surface area contributed by atoms with Crippen molar-refractivity contribution in [2.45, 2.75) is 38.6 Å². The predicted molar refractivity (Wildman–Crippen MR) is 145 cm³/mol. The molecule has 3 rings (SSSR count). The Hall–Kier alpha value is -3.08. The van der Waals surface area contributed by atoms with E-state index >= 15 is 0 Å². The van der Waals surface area contributed by atoms with Gasteiger partial charge in [0, 0.05) is 16.4 Å². The highest BCUT2D eigenvalue weighted by Gasteiger charge is 2.30. The average molecular weight is 550 g/mol. The molecule has 0 radical (unpaired) electrons. The molecule has 0 saturated heterocycles. The quantitative estimate of drug-likeness (QED) is 0.416. The Morgan fingerprint density at radius 3 is 2.00 bits per heavy atom. The maximum atomic E-state index is 13.0. The molecule has 8 nitrogen and oxygen atoms in total. The van der Waals surface area contributed by atoms with Crippen molar-refractivity contribution in [3.63, 3.8) is 0 Å². The molecule has 36 heavy (non-hydrogen) atoms. The van der Waals surface area contributed by atoms with Crippen molar-refractivity contribution in [3.05, 3.63) is 82.4 Å². The second kappa shape index (κ2) is 10.5. The van der Waals surface area contributed by atoms with Gasteiger partial charge >= 0.3 is 0 Å². The van der Waals surface area contributed by atoms with Crippen LogP contribution < -0.4 is 14.3 Å². The molecule has 0 aliphatic heterocycles. The Balaban J connectivity index is 1.79. The number of amides is 1. The lowest BCUT2D eigenvalue weighted by atomic mass is 10.1. The lowest BCUT2D eigenvalue weighted by Crippen LogP contribution is -2.45. The first-order valence-corrected chi connectivity index (χ1v) is 14.7. The highest BCUT2D eigenvalue weighted by molar-refractivity contribution is 7.92. The van der Waals surface area contributed by atoms with Gasteiger partial charge in [-0.2, -0.15) is 0 Å². The van der Waals surface area contributed by atoms with Crippen molar-refractivity contribution >= 4 is 54.6 Å². The Bertz CT molecular complexity index is 1510. The number of nitrogens with zero attached hydrogens (tertiary/aromatic N) is 1. The summed E-state index contributed by atoms with van der Waals surface area (Å²) in [7, 11) is -7.67. The molecular formula is C25H28ClN3O5S2. The molecule has 0 bridgehead atoms. The lowest BCUT2D eigenvalue weighted by Gasteiger charge is -2.29. The summed E-state index contributed by atoms with van der Waals surface area (Å²) in [4.78, 5) is 13.0. The first-order chi connectivity index (χ1) is 16.7.